The van der Waals surface area contributed by atoms with Crippen molar-refractivity contribution >= 4 is 22.6 Å². The summed E-state index contributed by atoms with van der Waals surface area (Å²) in [6.07, 6.45) is 0.742. The predicted molar refractivity (Wildman–Crippen MR) is 85.5 cm³/mol. The van der Waals surface area contributed by atoms with Gasteiger partial charge in [0.25, 0.3) is 0 Å². The van der Waals surface area contributed by atoms with Gasteiger partial charge in [0, 0.05) is 38.2 Å². The van der Waals surface area contributed by atoms with Crippen LogP contribution in [0.5, 0.6) is 0 Å². The maximum Gasteiger partial charge on any atom is 0.305 e. The monoisotopic (exact) mass is 321 g/mol. The van der Waals surface area contributed by atoms with Crippen molar-refractivity contribution in [2.24, 2.45) is 0 Å². The molecule has 2 rings (SSSR count). The average Bonchev–Trinajstić information content (AvgIpc) is 2.96. The molecule has 6 nitrogen and oxygen atoms in total. The molecule has 0 amide bonds. The van der Waals surface area contributed by atoms with Gasteiger partial charge in [-0.15, -0.1) is 0 Å². The summed E-state index contributed by atoms with van der Waals surface area (Å²) in [5, 5.41) is 9.58. The van der Waals surface area contributed by atoms with Crippen LogP contribution in [0.3, 0.4) is 0 Å². The van der Waals surface area contributed by atoms with Gasteiger partial charge < -0.3 is 14.7 Å². The van der Waals surface area contributed by atoms with Crippen LogP contribution in [-0.4, -0.2) is 47.2 Å². The van der Waals surface area contributed by atoms with E-state index in [2.05, 4.69) is 9.36 Å². The van der Waals surface area contributed by atoms with Crippen LogP contribution in [0, 0.1) is 0 Å². The van der Waals surface area contributed by atoms with Crippen LogP contribution in [-0.2, 0) is 16.0 Å². The SMILES string of the molecule is COCCN(CCC(=O)O)c1nc(Cc2ccccc2)ns1. The van der Waals surface area contributed by atoms with Crippen molar-refractivity contribution in [3.8, 4) is 0 Å². The van der Waals surface area contributed by atoms with Crippen molar-refractivity contribution in [3.63, 3.8) is 0 Å². The van der Waals surface area contributed by atoms with E-state index in [-0.39, 0.29) is 6.42 Å². The highest BCUT2D eigenvalue weighted by Crippen LogP contribution is 2.19. The van der Waals surface area contributed by atoms with Gasteiger partial charge in [-0.2, -0.15) is 4.37 Å². The molecule has 0 aliphatic carbocycles. The lowest BCUT2D eigenvalue weighted by Gasteiger charge is -2.19. The number of nitrogens with zero attached hydrogens (tertiary/aromatic N) is 3. The van der Waals surface area contributed by atoms with E-state index in [0.29, 0.717) is 26.1 Å². The Bertz CT molecular complexity index is 589. The summed E-state index contributed by atoms with van der Waals surface area (Å²) in [5.41, 5.74) is 1.15. The van der Waals surface area contributed by atoms with Crippen LogP contribution >= 0.6 is 11.5 Å². The number of carboxylic acid groups (broad SMARTS) is 1. The van der Waals surface area contributed by atoms with Gasteiger partial charge in [0.15, 0.2) is 0 Å². The van der Waals surface area contributed by atoms with Gasteiger partial charge in [0.1, 0.15) is 5.82 Å². The van der Waals surface area contributed by atoms with Gasteiger partial charge in [0.2, 0.25) is 5.13 Å². The Kier molecular flexibility index (Phi) is 6.29. The van der Waals surface area contributed by atoms with Crippen molar-refractivity contribution < 1.29 is 14.6 Å². The second-order valence-corrected chi connectivity index (χ2v) is 5.51. The number of carbonyl (C=O) groups is 1. The Labute approximate surface area is 133 Å². The second kappa shape index (κ2) is 8.45. The van der Waals surface area contributed by atoms with E-state index in [0.717, 1.165) is 16.5 Å². The van der Waals surface area contributed by atoms with Crippen LogP contribution in [0.1, 0.15) is 17.8 Å². The van der Waals surface area contributed by atoms with E-state index >= 15 is 0 Å². The van der Waals surface area contributed by atoms with Crippen molar-refractivity contribution in [1.82, 2.24) is 9.36 Å². The minimum absolute atomic E-state index is 0.0668. The standard InChI is InChI=1S/C15H19N3O3S/c1-21-10-9-18(8-7-14(19)20)15-16-13(17-22-15)11-12-5-3-2-4-6-12/h2-6H,7-11H2,1H3,(H,19,20). The van der Waals surface area contributed by atoms with Gasteiger partial charge in [-0.05, 0) is 5.56 Å². The quantitative estimate of drug-likeness (QED) is 0.762. The molecule has 1 heterocycles. The maximum atomic E-state index is 10.8. The molecule has 118 valence electrons. The Morgan fingerprint density at radius 2 is 2.09 bits per heavy atom. The Hall–Kier alpha value is -1.99. The molecule has 1 N–H and O–H groups in total. The fourth-order valence-corrected chi connectivity index (χ4v) is 2.70. The zero-order chi connectivity index (χ0) is 15.8. The fourth-order valence-electron chi connectivity index (χ4n) is 1.96. The molecule has 0 unspecified atom stereocenters. The minimum atomic E-state index is -0.823. The third-order valence-electron chi connectivity index (χ3n) is 3.09. The molecule has 0 fully saturated rings. The first-order valence-corrected chi connectivity index (χ1v) is 7.78. The molecule has 0 bridgehead atoms. The first-order chi connectivity index (χ1) is 10.7. The molecule has 0 aliphatic heterocycles. The minimum Gasteiger partial charge on any atom is -0.481 e. The molecule has 0 aliphatic rings. The average molecular weight is 321 g/mol. The van der Waals surface area contributed by atoms with Crippen molar-refractivity contribution in [2.75, 3.05) is 31.7 Å². The van der Waals surface area contributed by atoms with E-state index in [1.54, 1.807) is 7.11 Å². The highest BCUT2D eigenvalue weighted by atomic mass is 32.1. The maximum absolute atomic E-state index is 10.8. The van der Waals surface area contributed by atoms with E-state index < -0.39 is 5.97 Å². The number of rotatable bonds is 9. The number of hydrogen-bond acceptors (Lipinski definition) is 6. The number of anilines is 1. The summed E-state index contributed by atoms with van der Waals surface area (Å²) in [5.74, 6) is -0.0691. The largest absolute Gasteiger partial charge is 0.481 e. The second-order valence-electron chi connectivity index (χ2n) is 4.78. The Morgan fingerprint density at radius 3 is 2.77 bits per heavy atom. The van der Waals surface area contributed by atoms with Crippen LogP contribution < -0.4 is 4.90 Å². The summed E-state index contributed by atoms with van der Waals surface area (Å²) >= 11 is 1.30. The first-order valence-electron chi connectivity index (χ1n) is 7.01. The molecular weight excluding hydrogens is 302 g/mol. The van der Waals surface area contributed by atoms with Gasteiger partial charge >= 0.3 is 5.97 Å². The van der Waals surface area contributed by atoms with E-state index in [9.17, 15) is 4.79 Å². The topological polar surface area (TPSA) is 75.5 Å². The van der Waals surface area contributed by atoms with Crippen LogP contribution in [0.15, 0.2) is 30.3 Å². The normalized spacial score (nSPS) is 10.6. The lowest BCUT2D eigenvalue weighted by Crippen LogP contribution is -2.29. The number of ether oxygens (including phenoxy) is 1. The van der Waals surface area contributed by atoms with E-state index in [1.807, 2.05) is 35.2 Å². The zero-order valence-corrected chi connectivity index (χ0v) is 13.3. The number of methoxy groups -OCH3 is 1. The third kappa shape index (κ3) is 5.09. The van der Waals surface area contributed by atoms with Crippen LogP contribution in [0.4, 0.5) is 5.13 Å². The van der Waals surface area contributed by atoms with Gasteiger partial charge in [-0.1, -0.05) is 30.3 Å². The molecule has 22 heavy (non-hydrogen) atoms. The number of aromatic nitrogens is 2. The summed E-state index contributed by atoms with van der Waals surface area (Å²) in [6.45, 7) is 1.52. The molecule has 7 heteroatoms. The molecule has 0 radical (unpaired) electrons. The summed E-state index contributed by atoms with van der Waals surface area (Å²) in [7, 11) is 1.62. The van der Waals surface area contributed by atoms with Crippen LogP contribution in [0.25, 0.3) is 0 Å². The Balaban J connectivity index is 2.03. The lowest BCUT2D eigenvalue weighted by molar-refractivity contribution is -0.136. The molecule has 0 saturated heterocycles. The molecular formula is C15H19N3O3S. The summed E-state index contributed by atoms with van der Waals surface area (Å²) in [4.78, 5) is 17.2. The highest BCUT2D eigenvalue weighted by molar-refractivity contribution is 7.09. The highest BCUT2D eigenvalue weighted by Gasteiger charge is 2.14. The number of hydrogen-bond donors (Lipinski definition) is 1. The zero-order valence-electron chi connectivity index (χ0n) is 12.4. The van der Waals surface area contributed by atoms with E-state index in [4.69, 9.17) is 9.84 Å². The summed E-state index contributed by atoms with van der Waals surface area (Å²) in [6, 6.07) is 10.0. The number of benzene rings is 1. The van der Waals surface area contributed by atoms with Crippen molar-refractivity contribution in [3.05, 3.63) is 41.7 Å². The fraction of sp³-hybridized carbons (Fsp3) is 0.400. The smallest absolute Gasteiger partial charge is 0.305 e. The first kappa shape index (κ1) is 16.4. The van der Waals surface area contributed by atoms with E-state index in [1.165, 1.54) is 11.5 Å². The molecule has 0 atom stereocenters. The van der Waals surface area contributed by atoms with Crippen molar-refractivity contribution in [2.45, 2.75) is 12.8 Å². The number of aliphatic carboxylic acids is 1. The van der Waals surface area contributed by atoms with Gasteiger partial charge in [-0.25, -0.2) is 4.98 Å². The molecule has 1 aromatic carbocycles. The molecule has 2 aromatic rings. The van der Waals surface area contributed by atoms with Crippen LogP contribution in [0.2, 0.25) is 0 Å². The predicted octanol–water partition coefficient (Wildman–Crippen LogP) is 2.06. The van der Waals surface area contributed by atoms with Gasteiger partial charge in [0.05, 0.1) is 13.0 Å². The van der Waals surface area contributed by atoms with Crippen molar-refractivity contribution in [1.29, 1.82) is 0 Å². The molecule has 1 aromatic heterocycles. The van der Waals surface area contributed by atoms with Gasteiger partial charge in [-0.3, -0.25) is 4.79 Å². The number of carboxylic acids is 1. The molecule has 0 spiro atoms. The summed E-state index contributed by atoms with van der Waals surface area (Å²) < 4.78 is 9.44. The molecule has 0 saturated carbocycles. The third-order valence-corrected chi connectivity index (χ3v) is 3.91. The Morgan fingerprint density at radius 1 is 1.32 bits per heavy atom. The lowest BCUT2D eigenvalue weighted by atomic mass is 10.1.